The molecule has 122 valence electrons. The third-order valence-corrected chi connectivity index (χ3v) is 5.07. The van der Waals surface area contributed by atoms with Crippen molar-refractivity contribution in [2.24, 2.45) is 16.8 Å². The molecule has 0 amide bonds. The van der Waals surface area contributed by atoms with Crippen LogP contribution in [0.15, 0.2) is 35.0 Å². The second-order valence-electron chi connectivity index (χ2n) is 6.40. The molecule has 1 heterocycles. The molecule has 1 saturated carbocycles. The lowest BCUT2D eigenvalue weighted by Crippen LogP contribution is -2.22. The molecular weight excluding hydrogens is 310 g/mol. The molecule has 2 aliphatic rings. The van der Waals surface area contributed by atoms with Crippen LogP contribution in [-0.2, 0) is 9.53 Å². The fourth-order valence-electron chi connectivity index (χ4n) is 3.45. The van der Waals surface area contributed by atoms with Crippen LogP contribution >= 0.6 is 11.6 Å². The lowest BCUT2D eigenvalue weighted by molar-refractivity contribution is -0.130. The van der Waals surface area contributed by atoms with E-state index in [1.807, 2.05) is 18.2 Å². The summed E-state index contributed by atoms with van der Waals surface area (Å²) in [6.07, 6.45) is 8.80. The van der Waals surface area contributed by atoms with Gasteiger partial charge in [-0.1, -0.05) is 49.6 Å². The third kappa shape index (κ3) is 3.84. The number of cyclic esters (lactones) is 1. The van der Waals surface area contributed by atoms with Gasteiger partial charge in [-0.25, -0.2) is 9.79 Å². The summed E-state index contributed by atoms with van der Waals surface area (Å²) in [5, 5.41) is 0.608. The Hall–Kier alpha value is -1.61. The standard InChI is InChI=1S/C19H22ClNO2/c1-2-5-13-8-10-14(11-9-13)18-21-17(19(22)23-18)12-15-6-3-4-7-16(15)20/h3-4,6-7,12-14H,2,5,8-11H2,1H3. The van der Waals surface area contributed by atoms with Crippen molar-refractivity contribution in [3.05, 3.63) is 40.5 Å². The molecule has 1 aromatic carbocycles. The largest absolute Gasteiger partial charge is 0.406 e. The average Bonchev–Trinajstić information content (AvgIpc) is 2.92. The number of hydrogen-bond acceptors (Lipinski definition) is 3. The highest BCUT2D eigenvalue weighted by atomic mass is 35.5. The predicted molar refractivity (Wildman–Crippen MR) is 93.3 cm³/mol. The molecule has 1 aromatic rings. The zero-order chi connectivity index (χ0) is 16.2. The summed E-state index contributed by atoms with van der Waals surface area (Å²) >= 11 is 6.14. The third-order valence-electron chi connectivity index (χ3n) is 4.73. The minimum absolute atomic E-state index is 0.282. The molecule has 1 fully saturated rings. The van der Waals surface area contributed by atoms with E-state index in [0.29, 0.717) is 16.6 Å². The summed E-state index contributed by atoms with van der Waals surface area (Å²) in [7, 11) is 0. The van der Waals surface area contributed by atoms with E-state index in [0.717, 1.165) is 24.3 Å². The summed E-state index contributed by atoms with van der Waals surface area (Å²) in [5.41, 5.74) is 1.14. The Bertz CT molecular complexity index is 643. The molecule has 3 rings (SSSR count). The van der Waals surface area contributed by atoms with Crippen LogP contribution in [-0.4, -0.2) is 11.9 Å². The van der Waals surface area contributed by atoms with Crippen LogP contribution in [0.3, 0.4) is 0 Å². The topological polar surface area (TPSA) is 38.7 Å². The second kappa shape index (κ2) is 7.31. The molecule has 1 aliphatic carbocycles. The summed E-state index contributed by atoms with van der Waals surface area (Å²) < 4.78 is 5.42. The molecule has 0 spiro atoms. The van der Waals surface area contributed by atoms with Crippen molar-refractivity contribution in [3.63, 3.8) is 0 Å². The molecule has 0 unspecified atom stereocenters. The summed E-state index contributed by atoms with van der Waals surface area (Å²) in [4.78, 5) is 16.5. The van der Waals surface area contributed by atoms with Crippen LogP contribution in [0.5, 0.6) is 0 Å². The molecule has 3 nitrogen and oxygen atoms in total. The van der Waals surface area contributed by atoms with Crippen LogP contribution in [0.2, 0.25) is 5.02 Å². The zero-order valence-corrected chi connectivity index (χ0v) is 14.2. The van der Waals surface area contributed by atoms with Crippen molar-refractivity contribution in [2.45, 2.75) is 45.4 Å². The Labute approximate surface area is 142 Å². The minimum atomic E-state index is -0.365. The molecule has 0 atom stereocenters. The van der Waals surface area contributed by atoms with Crippen LogP contribution in [0.4, 0.5) is 0 Å². The first-order chi connectivity index (χ1) is 11.2. The van der Waals surface area contributed by atoms with E-state index in [2.05, 4.69) is 11.9 Å². The number of rotatable bonds is 4. The number of esters is 1. The van der Waals surface area contributed by atoms with E-state index in [1.54, 1.807) is 12.1 Å². The molecule has 0 saturated heterocycles. The highest BCUT2D eigenvalue weighted by molar-refractivity contribution is 6.32. The van der Waals surface area contributed by atoms with Crippen LogP contribution in [0, 0.1) is 11.8 Å². The van der Waals surface area contributed by atoms with Gasteiger partial charge in [0.25, 0.3) is 0 Å². The van der Waals surface area contributed by atoms with Gasteiger partial charge in [-0.15, -0.1) is 0 Å². The fourth-order valence-corrected chi connectivity index (χ4v) is 3.64. The number of benzene rings is 1. The number of halogens is 1. The zero-order valence-electron chi connectivity index (χ0n) is 13.4. The van der Waals surface area contributed by atoms with Crippen LogP contribution in [0.1, 0.15) is 51.0 Å². The van der Waals surface area contributed by atoms with Gasteiger partial charge >= 0.3 is 5.97 Å². The van der Waals surface area contributed by atoms with Crippen molar-refractivity contribution < 1.29 is 9.53 Å². The van der Waals surface area contributed by atoms with Crippen molar-refractivity contribution in [1.29, 1.82) is 0 Å². The number of carbonyl (C=O) groups excluding carboxylic acids is 1. The molecule has 4 heteroatoms. The second-order valence-corrected chi connectivity index (χ2v) is 6.80. The van der Waals surface area contributed by atoms with Gasteiger partial charge in [0.15, 0.2) is 5.70 Å². The Balaban J connectivity index is 1.71. The maximum Gasteiger partial charge on any atom is 0.363 e. The van der Waals surface area contributed by atoms with Crippen LogP contribution < -0.4 is 0 Å². The van der Waals surface area contributed by atoms with E-state index >= 15 is 0 Å². The molecule has 1 aliphatic heterocycles. The van der Waals surface area contributed by atoms with E-state index in [9.17, 15) is 4.79 Å². The predicted octanol–water partition coefficient (Wildman–Crippen LogP) is 5.24. The molecular formula is C19H22ClNO2. The van der Waals surface area contributed by atoms with E-state index in [4.69, 9.17) is 16.3 Å². The first kappa shape index (κ1) is 16.3. The number of aliphatic imine (C=N–C) groups is 1. The summed E-state index contributed by atoms with van der Waals surface area (Å²) in [6, 6.07) is 7.42. The number of nitrogens with zero attached hydrogens (tertiary/aromatic N) is 1. The van der Waals surface area contributed by atoms with E-state index in [-0.39, 0.29) is 11.9 Å². The van der Waals surface area contributed by atoms with E-state index < -0.39 is 0 Å². The quantitative estimate of drug-likeness (QED) is 0.558. The molecule has 0 bridgehead atoms. The Morgan fingerprint density at radius 2 is 2.00 bits per heavy atom. The minimum Gasteiger partial charge on any atom is -0.406 e. The molecule has 23 heavy (non-hydrogen) atoms. The highest BCUT2D eigenvalue weighted by Crippen LogP contribution is 2.34. The Kier molecular flexibility index (Phi) is 5.16. The van der Waals surface area contributed by atoms with Crippen molar-refractivity contribution >= 4 is 29.5 Å². The highest BCUT2D eigenvalue weighted by Gasteiger charge is 2.32. The van der Waals surface area contributed by atoms with Gasteiger partial charge in [0.1, 0.15) is 0 Å². The van der Waals surface area contributed by atoms with Gasteiger partial charge in [-0.3, -0.25) is 0 Å². The lowest BCUT2D eigenvalue weighted by atomic mass is 9.80. The number of carbonyl (C=O) groups is 1. The average molecular weight is 332 g/mol. The van der Waals surface area contributed by atoms with Gasteiger partial charge in [0, 0.05) is 10.9 Å². The maximum atomic E-state index is 12.1. The van der Waals surface area contributed by atoms with Gasteiger partial charge in [0.2, 0.25) is 5.90 Å². The van der Waals surface area contributed by atoms with Crippen molar-refractivity contribution in [3.8, 4) is 0 Å². The molecule has 0 aromatic heterocycles. The van der Waals surface area contributed by atoms with Gasteiger partial charge < -0.3 is 4.74 Å². The van der Waals surface area contributed by atoms with Crippen molar-refractivity contribution in [2.75, 3.05) is 0 Å². The SMILES string of the molecule is CCCC1CCC(C2=NC(=Cc3ccccc3Cl)C(=O)O2)CC1. The van der Waals surface area contributed by atoms with Gasteiger partial charge in [-0.2, -0.15) is 0 Å². The number of ether oxygens (including phenoxy) is 1. The first-order valence-corrected chi connectivity index (χ1v) is 8.82. The van der Waals surface area contributed by atoms with Crippen molar-refractivity contribution in [1.82, 2.24) is 0 Å². The maximum absolute atomic E-state index is 12.1. The first-order valence-electron chi connectivity index (χ1n) is 8.44. The summed E-state index contributed by atoms with van der Waals surface area (Å²) in [5.74, 6) is 1.34. The normalized spacial score (nSPS) is 26.3. The number of hydrogen-bond donors (Lipinski definition) is 0. The smallest absolute Gasteiger partial charge is 0.363 e. The van der Waals surface area contributed by atoms with E-state index in [1.165, 1.54) is 25.7 Å². The Morgan fingerprint density at radius 1 is 1.26 bits per heavy atom. The van der Waals surface area contributed by atoms with Crippen LogP contribution in [0.25, 0.3) is 6.08 Å². The molecule has 0 radical (unpaired) electrons. The Morgan fingerprint density at radius 3 is 2.70 bits per heavy atom. The van der Waals surface area contributed by atoms with Gasteiger partial charge in [0.05, 0.1) is 0 Å². The molecule has 0 N–H and O–H groups in total. The monoisotopic (exact) mass is 331 g/mol. The fraction of sp³-hybridized carbons (Fsp3) is 0.474. The van der Waals surface area contributed by atoms with Gasteiger partial charge in [-0.05, 0) is 49.3 Å². The lowest BCUT2D eigenvalue weighted by Gasteiger charge is -2.27. The summed E-state index contributed by atoms with van der Waals surface area (Å²) in [6.45, 7) is 2.24.